The van der Waals surface area contributed by atoms with Crippen LogP contribution in [0.15, 0.2) is 24.3 Å². The fourth-order valence-electron chi connectivity index (χ4n) is 1.54. The van der Waals surface area contributed by atoms with Gasteiger partial charge in [-0.3, -0.25) is 0 Å². The molecule has 0 aliphatic carbocycles. The highest BCUT2D eigenvalue weighted by atomic mass is 19.4. The Morgan fingerprint density at radius 2 is 1.36 bits per heavy atom. The van der Waals surface area contributed by atoms with E-state index in [4.69, 9.17) is 0 Å². The van der Waals surface area contributed by atoms with Crippen molar-refractivity contribution in [2.24, 2.45) is 0 Å². The van der Waals surface area contributed by atoms with Gasteiger partial charge in [0.25, 0.3) is 0 Å². The summed E-state index contributed by atoms with van der Waals surface area (Å²) in [7, 11) is 0. The summed E-state index contributed by atoms with van der Waals surface area (Å²) in [5.41, 5.74) is -2.26. The van der Waals surface area contributed by atoms with E-state index in [1.807, 2.05) is 0 Å². The van der Waals surface area contributed by atoms with E-state index in [0.29, 0.717) is 6.07 Å². The maximum absolute atomic E-state index is 13.6. The van der Waals surface area contributed by atoms with Crippen LogP contribution in [0.5, 0.6) is 0 Å². The molecule has 1 aromatic carbocycles. The summed E-state index contributed by atoms with van der Waals surface area (Å²) >= 11 is 0. The molecule has 0 fully saturated rings. The molecule has 22 heavy (non-hydrogen) atoms. The number of rotatable bonds is 4. The van der Waals surface area contributed by atoms with Gasteiger partial charge in [0, 0.05) is 5.56 Å². The Morgan fingerprint density at radius 3 is 1.77 bits per heavy atom. The first-order valence-corrected chi connectivity index (χ1v) is 5.62. The molecule has 1 radical (unpaired) electrons. The van der Waals surface area contributed by atoms with Gasteiger partial charge in [0.15, 0.2) is 0 Å². The standard InChI is InChI=1S/C12H8F9O/c1-6(22)7-3-2-4-8(5-7)9(13,14)10(15,16)11(17,18)12(19,20)21/h2-6H,1H3. The van der Waals surface area contributed by atoms with Crippen molar-refractivity contribution in [3.63, 3.8) is 0 Å². The smallest absolute Gasteiger partial charge is 0.228 e. The molecule has 0 amide bonds. The zero-order chi connectivity index (χ0) is 17.6. The van der Waals surface area contributed by atoms with Crippen molar-refractivity contribution >= 4 is 0 Å². The molecule has 0 saturated heterocycles. The third-order valence-corrected chi connectivity index (χ3v) is 2.86. The lowest BCUT2D eigenvalue weighted by Crippen LogP contribution is -2.59. The predicted octanol–water partition coefficient (Wildman–Crippen LogP) is 5.10. The van der Waals surface area contributed by atoms with Gasteiger partial charge in [0.1, 0.15) is 6.10 Å². The Labute approximate surface area is 118 Å². The summed E-state index contributed by atoms with van der Waals surface area (Å²) in [5, 5.41) is 11.1. The second-order valence-corrected chi connectivity index (χ2v) is 4.49. The maximum Gasteiger partial charge on any atom is 0.460 e. The summed E-state index contributed by atoms with van der Waals surface area (Å²) in [6.45, 7) is 0.958. The Morgan fingerprint density at radius 1 is 0.864 bits per heavy atom. The van der Waals surface area contributed by atoms with Crippen LogP contribution in [0.4, 0.5) is 39.5 Å². The monoisotopic (exact) mass is 339 g/mol. The minimum atomic E-state index is -6.96. The van der Waals surface area contributed by atoms with Crippen LogP contribution in [0.25, 0.3) is 0 Å². The van der Waals surface area contributed by atoms with Gasteiger partial charge in [-0.15, -0.1) is 0 Å². The van der Waals surface area contributed by atoms with Crippen molar-refractivity contribution in [1.29, 1.82) is 0 Å². The molecule has 0 aliphatic heterocycles. The minimum Gasteiger partial charge on any atom is -0.228 e. The van der Waals surface area contributed by atoms with Crippen molar-refractivity contribution in [3.8, 4) is 0 Å². The third-order valence-electron chi connectivity index (χ3n) is 2.86. The molecular formula is C12H8F9O. The third kappa shape index (κ3) is 2.75. The molecule has 0 aromatic heterocycles. The van der Waals surface area contributed by atoms with Gasteiger partial charge in [-0.2, -0.15) is 39.5 Å². The van der Waals surface area contributed by atoms with E-state index in [0.717, 1.165) is 13.0 Å². The zero-order valence-corrected chi connectivity index (χ0v) is 10.7. The summed E-state index contributed by atoms with van der Waals surface area (Å²) in [6, 6.07) is 2.07. The second kappa shape index (κ2) is 5.32. The molecule has 1 atom stereocenters. The molecule has 1 aromatic rings. The highest BCUT2D eigenvalue weighted by Gasteiger charge is 2.82. The molecule has 0 bridgehead atoms. The first-order valence-electron chi connectivity index (χ1n) is 5.62. The fourth-order valence-corrected chi connectivity index (χ4v) is 1.54. The van der Waals surface area contributed by atoms with Crippen molar-refractivity contribution < 1.29 is 44.6 Å². The largest absolute Gasteiger partial charge is 0.460 e. The van der Waals surface area contributed by atoms with Crippen LogP contribution < -0.4 is 0 Å². The van der Waals surface area contributed by atoms with E-state index in [-0.39, 0.29) is 12.1 Å². The van der Waals surface area contributed by atoms with Crippen LogP contribution >= 0.6 is 0 Å². The Bertz CT molecular complexity index is 534. The van der Waals surface area contributed by atoms with Crippen LogP contribution in [-0.2, 0) is 11.0 Å². The van der Waals surface area contributed by atoms with E-state index in [9.17, 15) is 44.6 Å². The van der Waals surface area contributed by atoms with Gasteiger partial charge in [0.05, 0.1) is 0 Å². The lowest BCUT2D eigenvalue weighted by atomic mass is 9.94. The average Bonchev–Trinajstić information content (AvgIpc) is 2.37. The Hall–Kier alpha value is -1.45. The molecule has 1 rings (SSSR count). The van der Waals surface area contributed by atoms with Gasteiger partial charge in [-0.25, -0.2) is 5.11 Å². The molecule has 0 heterocycles. The fraction of sp³-hybridized carbons (Fsp3) is 0.500. The average molecular weight is 339 g/mol. The molecule has 0 aliphatic rings. The predicted molar refractivity (Wildman–Crippen MR) is 55.4 cm³/mol. The number of hydrogen-bond acceptors (Lipinski definition) is 0. The lowest BCUT2D eigenvalue weighted by Gasteiger charge is -2.34. The minimum absolute atomic E-state index is 0.179. The van der Waals surface area contributed by atoms with Crippen LogP contribution in [-0.4, -0.2) is 18.0 Å². The molecule has 0 spiro atoms. The van der Waals surface area contributed by atoms with E-state index >= 15 is 0 Å². The normalized spacial score (nSPS) is 15.8. The highest BCUT2D eigenvalue weighted by molar-refractivity contribution is 5.30. The topological polar surface area (TPSA) is 19.9 Å². The number of benzene rings is 1. The van der Waals surface area contributed by atoms with Gasteiger partial charge < -0.3 is 0 Å². The van der Waals surface area contributed by atoms with Gasteiger partial charge in [0.2, 0.25) is 0 Å². The van der Waals surface area contributed by atoms with Crippen molar-refractivity contribution in [3.05, 3.63) is 35.4 Å². The van der Waals surface area contributed by atoms with Crippen molar-refractivity contribution in [2.45, 2.75) is 37.0 Å². The van der Waals surface area contributed by atoms with Crippen LogP contribution in [0.1, 0.15) is 24.2 Å². The molecule has 1 unspecified atom stereocenters. The van der Waals surface area contributed by atoms with Gasteiger partial charge in [-0.1, -0.05) is 18.2 Å². The van der Waals surface area contributed by atoms with E-state index in [1.54, 1.807) is 0 Å². The highest BCUT2D eigenvalue weighted by Crippen LogP contribution is 2.56. The van der Waals surface area contributed by atoms with E-state index in [1.165, 1.54) is 0 Å². The van der Waals surface area contributed by atoms with E-state index < -0.39 is 41.2 Å². The lowest BCUT2D eigenvalue weighted by molar-refractivity contribution is -0.399. The zero-order valence-electron chi connectivity index (χ0n) is 10.7. The van der Waals surface area contributed by atoms with Crippen LogP contribution in [0, 0.1) is 0 Å². The SMILES string of the molecule is CC([O])c1cccc(C(F)(F)C(F)(F)C(F)(F)C(F)(F)F)c1. The molecule has 10 heteroatoms. The van der Waals surface area contributed by atoms with Crippen LogP contribution in [0.3, 0.4) is 0 Å². The van der Waals surface area contributed by atoms with Gasteiger partial charge >= 0.3 is 23.9 Å². The quantitative estimate of drug-likeness (QED) is 0.680. The summed E-state index contributed by atoms with van der Waals surface area (Å²) in [4.78, 5) is 0. The number of alkyl halides is 9. The van der Waals surface area contributed by atoms with Crippen molar-refractivity contribution in [2.75, 3.05) is 0 Å². The summed E-state index contributed by atoms with van der Waals surface area (Å²) in [6.07, 6.45) is -8.53. The molecule has 1 nitrogen and oxygen atoms in total. The number of halogens is 9. The Balaban J connectivity index is 3.42. The van der Waals surface area contributed by atoms with Crippen molar-refractivity contribution in [1.82, 2.24) is 0 Å². The Kier molecular flexibility index (Phi) is 4.50. The summed E-state index contributed by atoms with van der Waals surface area (Å²) < 4.78 is 115. The molecular weight excluding hydrogens is 331 g/mol. The second-order valence-electron chi connectivity index (χ2n) is 4.49. The molecule has 0 saturated carbocycles. The van der Waals surface area contributed by atoms with E-state index in [2.05, 4.69) is 0 Å². The number of hydrogen-bond donors (Lipinski definition) is 0. The van der Waals surface area contributed by atoms with Crippen LogP contribution in [0.2, 0.25) is 0 Å². The first kappa shape index (κ1) is 18.6. The summed E-state index contributed by atoms with van der Waals surface area (Å²) in [5.74, 6) is -19.5. The maximum atomic E-state index is 13.6. The molecule has 125 valence electrons. The van der Waals surface area contributed by atoms with Gasteiger partial charge in [-0.05, 0) is 18.6 Å². The first-order chi connectivity index (χ1) is 9.66. The molecule has 0 N–H and O–H groups in total.